The molecule has 0 aliphatic carbocycles. The van der Waals surface area contributed by atoms with Gasteiger partial charge in [-0.05, 0) is 37.5 Å². The van der Waals surface area contributed by atoms with Crippen LogP contribution in [0.4, 0.5) is 11.6 Å². The van der Waals surface area contributed by atoms with Crippen LogP contribution < -0.4 is 11.0 Å². The molecule has 1 aromatic carbocycles. The molecule has 1 N–H and O–H groups in total. The SMILES string of the molecule is COC(=O)c1cc(C)c(Nc2ncc3c(n2)n(C2CCOCC2)c(=O)n3C)cc1C#N. The number of ether oxygens (including phenoxy) is 2. The first-order chi connectivity index (χ1) is 14.9. The molecule has 10 heteroatoms. The van der Waals surface area contributed by atoms with E-state index in [1.807, 2.05) is 6.07 Å². The first-order valence-electron chi connectivity index (χ1n) is 9.86. The number of rotatable bonds is 4. The van der Waals surface area contributed by atoms with Crippen molar-refractivity contribution in [3.63, 3.8) is 0 Å². The number of benzene rings is 1. The van der Waals surface area contributed by atoms with Crippen molar-refractivity contribution < 1.29 is 14.3 Å². The maximum absolute atomic E-state index is 12.8. The largest absolute Gasteiger partial charge is 0.465 e. The summed E-state index contributed by atoms with van der Waals surface area (Å²) in [7, 11) is 2.97. The minimum atomic E-state index is -0.575. The van der Waals surface area contributed by atoms with Gasteiger partial charge in [0.2, 0.25) is 5.95 Å². The van der Waals surface area contributed by atoms with Gasteiger partial charge < -0.3 is 14.8 Å². The van der Waals surface area contributed by atoms with Crippen LogP contribution in [-0.4, -0.2) is 45.4 Å². The number of hydrogen-bond donors (Lipinski definition) is 1. The second-order valence-electron chi connectivity index (χ2n) is 7.40. The number of carbonyl (C=O) groups is 1. The quantitative estimate of drug-likeness (QED) is 0.635. The standard InChI is InChI=1S/C21H22N6O4/c1-12-8-15(19(28)30-3)13(10-22)9-16(12)24-20-23-11-17-18(25-20)27(21(29)26(17)2)14-4-6-31-7-5-14/h8-9,11,14H,4-7H2,1-3H3,(H,23,24,25). The Morgan fingerprint density at radius 1 is 1.35 bits per heavy atom. The number of carbonyl (C=O) groups excluding carboxylic acids is 1. The molecule has 0 unspecified atom stereocenters. The lowest BCUT2D eigenvalue weighted by Crippen LogP contribution is -2.30. The van der Waals surface area contributed by atoms with E-state index < -0.39 is 5.97 Å². The average molecular weight is 422 g/mol. The monoisotopic (exact) mass is 422 g/mol. The number of hydrogen-bond acceptors (Lipinski definition) is 8. The van der Waals surface area contributed by atoms with Crippen LogP contribution in [-0.2, 0) is 16.5 Å². The molecule has 10 nitrogen and oxygen atoms in total. The summed E-state index contributed by atoms with van der Waals surface area (Å²) in [5, 5.41) is 12.5. The molecule has 160 valence electrons. The zero-order valence-corrected chi connectivity index (χ0v) is 17.5. The van der Waals surface area contributed by atoms with Crippen molar-refractivity contribution in [2.24, 2.45) is 7.05 Å². The molecular weight excluding hydrogens is 400 g/mol. The van der Waals surface area contributed by atoms with Gasteiger partial charge in [0.15, 0.2) is 5.65 Å². The lowest BCUT2D eigenvalue weighted by atomic mass is 10.0. The van der Waals surface area contributed by atoms with E-state index in [1.54, 1.807) is 41.4 Å². The summed E-state index contributed by atoms with van der Waals surface area (Å²) in [4.78, 5) is 33.7. The lowest BCUT2D eigenvalue weighted by molar-refractivity contribution is 0.0600. The van der Waals surface area contributed by atoms with E-state index >= 15 is 0 Å². The molecule has 1 aliphatic rings. The Hall–Kier alpha value is -3.71. The Labute approximate surface area is 178 Å². The third-order valence-corrected chi connectivity index (χ3v) is 5.53. The number of anilines is 2. The molecule has 0 amide bonds. The van der Waals surface area contributed by atoms with E-state index in [-0.39, 0.29) is 28.8 Å². The van der Waals surface area contributed by atoms with Crippen LogP contribution >= 0.6 is 0 Å². The van der Waals surface area contributed by atoms with Crippen molar-refractivity contribution in [3.8, 4) is 6.07 Å². The first kappa shape index (κ1) is 20.6. The number of aryl methyl sites for hydroxylation is 2. The summed E-state index contributed by atoms with van der Waals surface area (Å²) < 4.78 is 13.4. The van der Waals surface area contributed by atoms with Gasteiger partial charge in [0, 0.05) is 32.0 Å². The predicted molar refractivity (Wildman–Crippen MR) is 112 cm³/mol. The lowest BCUT2D eigenvalue weighted by Gasteiger charge is -2.22. The zero-order valence-electron chi connectivity index (χ0n) is 17.5. The van der Waals surface area contributed by atoms with E-state index in [1.165, 1.54) is 7.11 Å². The molecule has 0 spiro atoms. The maximum atomic E-state index is 12.8. The summed E-state index contributed by atoms with van der Waals surface area (Å²) in [6.07, 6.45) is 3.09. The highest BCUT2D eigenvalue weighted by Crippen LogP contribution is 2.26. The van der Waals surface area contributed by atoms with Crippen LogP contribution in [0.5, 0.6) is 0 Å². The van der Waals surface area contributed by atoms with Gasteiger partial charge in [-0.1, -0.05) is 0 Å². The zero-order chi connectivity index (χ0) is 22.1. The maximum Gasteiger partial charge on any atom is 0.339 e. The van der Waals surface area contributed by atoms with Crippen molar-refractivity contribution in [2.45, 2.75) is 25.8 Å². The van der Waals surface area contributed by atoms with Gasteiger partial charge in [-0.3, -0.25) is 9.13 Å². The van der Waals surface area contributed by atoms with Gasteiger partial charge in [0.25, 0.3) is 0 Å². The number of aromatic nitrogens is 4. The molecule has 1 fully saturated rings. The molecule has 1 aliphatic heterocycles. The molecule has 3 aromatic rings. The van der Waals surface area contributed by atoms with Gasteiger partial charge in [-0.2, -0.15) is 10.2 Å². The van der Waals surface area contributed by atoms with Crippen molar-refractivity contribution in [3.05, 3.63) is 45.5 Å². The van der Waals surface area contributed by atoms with E-state index in [0.717, 1.165) is 18.4 Å². The second-order valence-corrected chi connectivity index (χ2v) is 7.40. The minimum Gasteiger partial charge on any atom is -0.465 e. The number of methoxy groups -OCH3 is 1. The number of nitriles is 1. The fourth-order valence-corrected chi connectivity index (χ4v) is 3.80. The van der Waals surface area contributed by atoms with E-state index in [4.69, 9.17) is 9.47 Å². The fraction of sp³-hybridized carbons (Fsp3) is 0.381. The predicted octanol–water partition coefficient (Wildman–Crippen LogP) is 2.19. The van der Waals surface area contributed by atoms with E-state index in [9.17, 15) is 14.9 Å². The number of fused-ring (bicyclic) bond motifs is 1. The normalized spacial score (nSPS) is 14.4. The Bertz CT molecular complexity index is 1260. The van der Waals surface area contributed by atoms with Crippen LogP contribution in [0.25, 0.3) is 11.2 Å². The third kappa shape index (κ3) is 3.64. The highest BCUT2D eigenvalue weighted by Gasteiger charge is 2.23. The molecule has 0 atom stereocenters. The first-order valence-corrected chi connectivity index (χ1v) is 9.86. The van der Waals surface area contributed by atoms with E-state index in [2.05, 4.69) is 15.3 Å². The minimum absolute atomic E-state index is 0.0129. The van der Waals surface area contributed by atoms with Crippen LogP contribution in [0.2, 0.25) is 0 Å². The molecule has 4 rings (SSSR count). The topological polar surface area (TPSA) is 124 Å². The van der Waals surface area contributed by atoms with Crippen molar-refractivity contribution >= 4 is 28.8 Å². The highest BCUT2D eigenvalue weighted by atomic mass is 16.5. The van der Waals surface area contributed by atoms with Crippen LogP contribution in [0.1, 0.15) is 40.4 Å². The number of imidazole rings is 1. The molecule has 2 aromatic heterocycles. The van der Waals surface area contributed by atoms with Gasteiger partial charge >= 0.3 is 11.7 Å². The molecule has 3 heterocycles. The summed E-state index contributed by atoms with van der Waals surface area (Å²) in [5.41, 5.74) is 2.72. The van der Waals surface area contributed by atoms with Gasteiger partial charge in [-0.15, -0.1) is 0 Å². The highest BCUT2D eigenvalue weighted by molar-refractivity contribution is 5.93. The smallest absolute Gasteiger partial charge is 0.339 e. The number of nitrogens with zero attached hydrogens (tertiary/aromatic N) is 5. The Kier molecular flexibility index (Phi) is 5.44. The molecule has 1 saturated heterocycles. The number of esters is 1. The van der Waals surface area contributed by atoms with E-state index in [0.29, 0.717) is 30.1 Å². The molecule has 0 bridgehead atoms. The third-order valence-electron chi connectivity index (χ3n) is 5.53. The molecule has 31 heavy (non-hydrogen) atoms. The second kappa shape index (κ2) is 8.20. The fourth-order valence-electron chi connectivity index (χ4n) is 3.80. The Morgan fingerprint density at radius 3 is 2.77 bits per heavy atom. The van der Waals surface area contributed by atoms with Crippen LogP contribution in [0, 0.1) is 18.3 Å². The van der Waals surface area contributed by atoms with Crippen molar-refractivity contribution in [1.29, 1.82) is 5.26 Å². The van der Waals surface area contributed by atoms with Gasteiger partial charge in [0.1, 0.15) is 11.6 Å². The van der Waals surface area contributed by atoms with Gasteiger partial charge in [-0.25, -0.2) is 14.6 Å². The van der Waals surface area contributed by atoms with Crippen molar-refractivity contribution in [1.82, 2.24) is 19.1 Å². The van der Waals surface area contributed by atoms with Crippen molar-refractivity contribution in [2.75, 3.05) is 25.6 Å². The molecule has 0 saturated carbocycles. The van der Waals surface area contributed by atoms with Gasteiger partial charge in [0.05, 0.1) is 24.4 Å². The molecular formula is C21H22N6O4. The summed E-state index contributed by atoms with van der Waals surface area (Å²) in [6.45, 7) is 3.01. The molecule has 0 radical (unpaired) electrons. The summed E-state index contributed by atoms with van der Waals surface area (Å²) >= 11 is 0. The number of nitrogens with one attached hydrogen (secondary N) is 1. The van der Waals surface area contributed by atoms with Crippen LogP contribution in [0.3, 0.4) is 0 Å². The Balaban J connectivity index is 1.75. The summed E-state index contributed by atoms with van der Waals surface area (Å²) in [5.74, 6) is -0.287. The average Bonchev–Trinajstić information content (AvgIpc) is 3.04. The summed E-state index contributed by atoms with van der Waals surface area (Å²) in [6, 6.07) is 5.18. The Morgan fingerprint density at radius 2 is 2.10 bits per heavy atom. The van der Waals surface area contributed by atoms with Crippen LogP contribution in [0.15, 0.2) is 23.1 Å².